The highest BCUT2D eigenvalue weighted by Gasteiger charge is 2.13. The molecule has 0 bridgehead atoms. The standard InChI is InChI=1S/3C10H23NO2.CH4/c3*1-6-12-8-10(7-11(4)5)13-9(2)3;/h3*9-10H,6-8H2,1-5H3;1H4/t2*10-;;/m10../s1. The Bertz CT molecular complexity index is 383. The van der Waals surface area contributed by atoms with Crippen molar-refractivity contribution in [3.63, 3.8) is 0 Å². The van der Waals surface area contributed by atoms with Crippen molar-refractivity contribution in [2.24, 2.45) is 0 Å². The molecule has 9 nitrogen and oxygen atoms in total. The fourth-order valence-corrected chi connectivity index (χ4v) is 3.53. The Kier molecular flexibility index (Phi) is 36.8. The van der Waals surface area contributed by atoms with Crippen LogP contribution in [0.3, 0.4) is 0 Å². The van der Waals surface area contributed by atoms with Gasteiger partial charge in [0, 0.05) is 39.5 Å². The van der Waals surface area contributed by atoms with Gasteiger partial charge in [0.1, 0.15) is 0 Å². The van der Waals surface area contributed by atoms with Gasteiger partial charge >= 0.3 is 0 Å². The third-order valence-corrected chi connectivity index (χ3v) is 4.62. The van der Waals surface area contributed by atoms with Crippen LogP contribution in [0.2, 0.25) is 0 Å². The van der Waals surface area contributed by atoms with Gasteiger partial charge in [-0.15, -0.1) is 0 Å². The molecule has 0 aliphatic carbocycles. The molecule has 0 rings (SSSR count). The van der Waals surface area contributed by atoms with Crippen molar-refractivity contribution < 1.29 is 28.4 Å². The molecule has 0 fully saturated rings. The second-order valence-corrected chi connectivity index (χ2v) is 11.2. The SMILES string of the molecule is C.CCOCC(CN(C)C)OC(C)C.CCOC[C@@H](CN(C)C)OC(C)C.CCOC[C@H](CN(C)C)OC(C)C. The molecule has 9 heteroatoms. The lowest BCUT2D eigenvalue weighted by Crippen LogP contribution is -2.34. The lowest BCUT2D eigenvalue weighted by molar-refractivity contribution is -0.0514. The average molecular weight is 584 g/mol. The first-order chi connectivity index (χ1) is 18.2. The molecule has 0 amide bonds. The van der Waals surface area contributed by atoms with E-state index in [9.17, 15) is 0 Å². The molecule has 0 radical (unpaired) electrons. The molecule has 40 heavy (non-hydrogen) atoms. The molecule has 0 aliphatic heterocycles. The molecule has 0 spiro atoms. The quantitative estimate of drug-likeness (QED) is 0.190. The normalized spacial score (nSPS) is 13.7. The van der Waals surface area contributed by atoms with Crippen LogP contribution in [0.15, 0.2) is 0 Å². The van der Waals surface area contributed by atoms with Gasteiger partial charge in [-0.3, -0.25) is 0 Å². The number of hydrogen-bond acceptors (Lipinski definition) is 9. The molecule has 0 heterocycles. The fraction of sp³-hybridized carbons (Fsp3) is 1.00. The van der Waals surface area contributed by atoms with Crippen LogP contribution in [0.4, 0.5) is 0 Å². The van der Waals surface area contributed by atoms with E-state index in [-0.39, 0.29) is 44.1 Å². The number of rotatable bonds is 21. The Labute approximate surface area is 251 Å². The van der Waals surface area contributed by atoms with Crippen LogP contribution in [0, 0.1) is 0 Å². The summed E-state index contributed by atoms with van der Waals surface area (Å²) in [4.78, 5) is 6.35. The van der Waals surface area contributed by atoms with Crippen LogP contribution < -0.4 is 0 Å². The Morgan fingerprint density at radius 2 is 0.625 bits per heavy atom. The summed E-state index contributed by atoms with van der Waals surface area (Å²) in [6.07, 6.45) is 1.38. The summed E-state index contributed by atoms with van der Waals surface area (Å²) in [7, 11) is 12.3. The first-order valence-corrected chi connectivity index (χ1v) is 14.8. The molecular weight excluding hydrogens is 510 g/mol. The van der Waals surface area contributed by atoms with E-state index in [1.807, 2.05) is 63.1 Å². The summed E-state index contributed by atoms with van der Waals surface area (Å²) < 4.78 is 33.1. The van der Waals surface area contributed by atoms with Gasteiger partial charge in [0.05, 0.1) is 56.4 Å². The molecule has 3 atom stereocenters. The number of hydrogen-bond donors (Lipinski definition) is 0. The third-order valence-electron chi connectivity index (χ3n) is 4.62. The molecule has 0 aromatic carbocycles. The zero-order chi connectivity index (χ0) is 30.8. The van der Waals surface area contributed by atoms with E-state index in [1.54, 1.807) is 0 Å². The van der Waals surface area contributed by atoms with E-state index in [0.717, 1.165) is 39.5 Å². The predicted octanol–water partition coefficient (Wildman–Crippen LogP) is 4.77. The van der Waals surface area contributed by atoms with Crippen molar-refractivity contribution in [1.82, 2.24) is 14.7 Å². The van der Waals surface area contributed by atoms with Gasteiger partial charge < -0.3 is 43.1 Å². The van der Waals surface area contributed by atoms with Crippen LogP contribution in [0.5, 0.6) is 0 Å². The molecule has 0 saturated heterocycles. The van der Waals surface area contributed by atoms with E-state index in [1.165, 1.54) is 0 Å². The number of nitrogens with zero attached hydrogens (tertiary/aromatic N) is 3. The Balaban J connectivity index is -0.000000240. The van der Waals surface area contributed by atoms with Crippen LogP contribution in [0.25, 0.3) is 0 Å². The highest BCUT2D eigenvalue weighted by molar-refractivity contribution is 4.63. The van der Waals surface area contributed by atoms with Gasteiger partial charge in [0.15, 0.2) is 0 Å². The smallest absolute Gasteiger partial charge is 0.0938 e. The fourth-order valence-electron chi connectivity index (χ4n) is 3.53. The molecule has 0 aromatic heterocycles. The van der Waals surface area contributed by atoms with E-state index >= 15 is 0 Å². The van der Waals surface area contributed by atoms with E-state index in [2.05, 4.69) is 56.2 Å². The van der Waals surface area contributed by atoms with Crippen molar-refractivity contribution in [2.45, 2.75) is 106 Å². The van der Waals surface area contributed by atoms with Gasteiger partial charge in [-0.1, -0.05) is 7.43 Å². The monoisotopic (exact) mass is 584 g/mol. The van der Waals surface area contributed by atoms with Crippen molar-refractivity contribution >= 4 is 0 Å². The van der Waals surface area contributed by atoms with E-state index in [4.69, 9.17) is 28.4 Å². The maximum absolute atomic E-state index is 5.70. The average Bonchev–Trinajstić information content (AvgIpc) is 2.78. The molecule has 1 unspecified atom stereocenters. The third kappa shape index (κ3) is 39.8. The van der Waals surface area contributed by atoms with E-state index < -0.39 is 0 Å². The van der Waals surface area contributed by atoms with Crippen LogP contribution in [0.1, 0.15) is 69.7 Å². The highest BCUT2D eigenvalue weighted by Crippen LogP contribution is 2.02. The lowest BCUT2D eigenvalue weighted by Gasteiger charge is -2.23. The van der Waals surface area contributed by atoms with Gasteiger partial charge in [0.25, 0.3) is 0 Å². The van der Waals surface area contributed by atoms with Crippen LogP contribution >= 0.6 is 0 Å². The zero-order valence-electron chi connectivity index (χ0n) is 28.6. The van der Waals surface area contributed by atoms with Crippen LogP contribution in [-0.2, 0) is 28.4 Å². The lowest BCUT2D eigenvalue weighted by atomic mass is 10.3. The molecule has 0 aliphatic rings. The van der Waals surface area contributed by atoms with Crippen LogP contribution in [-0.4, -0.2) is 153 Å². The molecule has 0 saturated carbocycles. The molecular formula is C31H73N3O6. The Morgan fingerprint density at radius 3 is 0.750 bits per heavy atom. The minimum absolute atomic E-state index is 0. The number of likely N-dealkylation sites (N-methyl/N-ethyl adjacent to an activating group) is 3. The summed E-state index contributed by atoms with van der Waals surface area (Å²) >= 11 is 0. The summed E-state index contributed by atoms with van der Waals surface area (Å²) in [5, 5.41) is 0. The minimum atomic E-state index is 0. The summed E-state index contributed by atoms with van der Waals surface area (Å²) in [6, 6.07) is 0. The van der Waals surface area contributed by atoms with Gasteiger partial charge in [-0.25, -0.2) is 0 Å². The summed E-state index contributed by atoms with van der Waals surface area (Å²) in [5.41, 5.74) is 0. The zero-order valence-corrected chi connectivity index (χ0v) is 28.6. The molecule has 0 N–H and O–H groups in total. The van der Waals surface area contributed by atoms with Gasteiger partial charge in [0.2, 0.25) is 0 Å². The Morgan fingerprint density at radius 1 is 0.425 bits per heavy atom. The maximum atomic E-state index is 5.70. The maximum Gasteiger partial charge on any atom is 0.0938 e. The van der Waals surface area contributed by atoms with Crippen molar-refractivity contribution in [1.29, 1.82) is 0 Å². The first kappa shape index (κ1) is 46.6. The second-order valence-electron chi connectivity index (χ2n) is 11.2. The topological polar surface area (TPSA) is 65.1 Å². The molecule has 0 aromatic rings. The first-order valence-electron chi connectivity index (χ1n) is 14.8. The van der Waals surface area contributed by atoms with Crippen molar-refractivity contribution in [2.75, 3.05) is 102 Å². The molecule has 248 valence electrons. The number of ether oxygens (including phenoxy) is 6. The Hall–Kier alpha value is -0.360. The summed E-state index contributed by atoms with van der Waals surface area (Å²) in [6.45, 7) is 25.4. The van der Waals surface area contributed by atoms with E-state index in [0.29, 0.717) is 19.8 Å². The largest absolute Gasteiger partial charge is 0.379 e. The van der Waals surface area contributed by atoms with Crippen molar-refractivity contribution in [3.8, 4) is 0 Å². The van der Waals surface area contributed by atoms with Crippen molar-refractivity contribution in [3.05, 3.63) is 0 Å². The second kappa shape index (κ2) is 31.6. The van der Waals surface area contributed by atoms with Gasteiger partial charge in [-0.2, -0.15) is 0 Å². The predicted molar refractivity (Wildman–Crippen MR) is 172 cm³/mol. The minimum Gasteiger partial charge on any atom is -0.379 e. The summed E-state index contributed by atoms with van der Waals surface area (Å²) in [5.74, 6) is 0. The highest BCUT2D eigenvalue weighted by atomic mass is 16.5. The van der Waals surface area contributed by atoms with Gasteiger partial charge in [-0.05, 0) is 105 Å².